The van der Waals surface area contributed by atoms with Crippen LogP contribution >= 0.6 is 0 Å². The number of pyridine rings is 1. The summed E-state index contributed by atoms with van der Waals surface area (Å²) < 4.78 is 39.7. The van der Waals surface area contributed by atoms with E-state index in [1.54, 1.807) is 18.2 Å². The highest BCUT2D eigenvalue weighted by atomic mass is 19.4. The second-order valence-corrected chi connectivity index (χ2v) is 3.87. The predicted molar refractivity (Wildman–Crippen MR) is 58.1 cm³/mol. The molecule has 0 saturated carbocycles. The monoisotopic (exact) mass is 260 g/mol. The molecule has 0 saturated heterocycles. The van der Waals surface area contributed by atoms with Crippen molar-refractivity contribution in [2.75, 3.05) is 6.54 Å². The molecule has 0 amide bonds. The normalized spacial score (nSPS) is 14.0. The quantitative estimate of drug-likeness (QED) is 0.880. The first-order valence-corrected chi connectivity index (χ1v) is 5.24. The number of nitrogens with two attached hydrogens (primary N) is 1. The zero-order chi connectivity index (χ0) is 13.3. The molecule has 0 spiro atoms. The van der Waals surface area contributed by atoms with Gasteiger partial charge in [0.15, 0.2) is 5.65 Å². The van der Waals surface area contributed by atoms with Crippen LogP contribution in [-0.4, -0.2) is 26.9 Å². The van der Waals surface area contributed by atoms with E-state index in [4.69, 9.17) is 5.73 Å². The van der Waals surface area contributed by atoms with Crippen molar-refractivity contribution in [3.63, 3.8) is 0 Å². The number of hydrogen-bond donors (Lipinski definition) is 1. The topological polar surface area (TPSA) is 65.3 Å². The van der Waals surface area contributed by atoms with Gasteiger partial charge in [-0.15, -0.1) is 5.10 Å². The highest BCUT2D eigenvalue weighted by molar-refractivity contribution is 5.35. The molecule has 0 bridgehead atoms. The van der Waals surface area contributed by atoms with Gasteiger partial charge < -0.3 is 5.73 Å². The molecule has 0 aliphatic carbocycles. The Labute approximate surface area is 99.6 Å². The summed E-state index contributed by atoms with van der Waals surface area (Å²) in [6.45, 7) is -1.15. The Kier molecular flexibility index (Phi) is 3.12. The second-order valence-electron chi connectivity index (χ2n) is 3.87. The molecule has 18 heavy (non-hydrogen) atoms. The Balaban J connectivity index is 2.38. The molecule has 0 radical (unpaired) electrons. The average Bonchev–Trinajstić information content (AvgIpc) is 2.62. The van der Waals surface area contributed by atoms with Gasteiger partial charge in [-0.2, -0.15) is 13.2 Å². The number of rotatable bonds is 3. The van der Waals surface area contributed by atoms with E-state index in [-0.39, 0.29) is 0 Å². The Bertz CT molecular complexity index is 601. The van der Waals surface area contributed by atoms with Gasteiger partial charge in [0, 0.05) is 12.7 Å². The fourth-order valence-corrected chi connectivity index (χ4v) is 1.61. The summed E-state index contributed by atoms with van der Waals surface area (Å²) in [6.07, 6.45) is -2.99. The second kappa shape index (κ2) is 4.45. The largest absolute Gasteiger partial charge is 0.394 e. The molecule has 2 heterocycles. The van der Waals surface area contributed by atoms with Crippen molar-refractivity contribution < 1.29 is 13.2 Å². The van der Waals surface area contributed by atoms with Gasteiger partial charge in [0.2, 0.25) is 0 Å². The first-order chi connectivity index (χ1) is 8.43. The average molecular weight is 260 g/mol. The van der Waals surface area contributed by atoms with E-state index in [9.17, 15) is 18.0 Å². The number of halogens is 3. The third-order valence-corrected chi connectivity index (χ3v) is 2.63. The predicted octanol–water partition coefficient (Wildman–Crippen LogP) is 0.633. The van der Waals surface area contributed by atoms with E-state index in [0.717, 1.165) is 4.68 Å². The number of aromatic nitrogens is 3. The summed E-state index contributed by atoms with van der Waals surface area (Å²) in [4.78, 5) is 11.8. The Morgan fingerprint density at radius 3 is 2.67 bits per heavy atom. The zero-order valence-corrected chi connectivity index (χ0v) is 9.26. The van der Waals surface area contributed by atoms with Crippen LogP contribution in [0.15, 0.2) is 29.2 Å². The highest BCUT2D eigenvalue weighted by Crippen LogP contribution is 2.26. The lowest BCUT2D eigenvalue weighted by molar-refractivity contribution is -0.175. The molecule has 8 heteroatoms. The molecule has 0 aromatic carbocycles. The van der Waals surface area contributed by atoms with Crippen LogP contribution in [0.1, 0.15) is 0 Å². The molecule has 0 aliphatic rings. The van der Waals surface area contributed by atoms with Crippen molar-refractivity contribution in [1.82, 2.24) is 14.2 Å². The standard InChI is InChI=1S/C10H11F3N4O/c11-10(12,13)7(5-14)6-17-9(18)16-4-2-1-3-8(16)15-17/h1-4,7H,5-6,14H2. The first-order valence-electron chi connectivity index (χ1n) is 5.24. The smallest absolute Gasteiger partial charge is 0.330 e. The van der Waals surface area contributed by atoms with E-state index >= 15 is 0 Å². The summed E-state index contributed by atoms with van der Waals surface area (Å²) in [5.74, 6) is -1.78. The van der Waals surface area contributed by atoms with E-state index in [2.05, 4.69) is 5.10 Å². The number of nitrogens with zero attached hydrogens (tertiary/aromatic N) is 3. The van der Waals surface area contributed by atoms with Crippen LogP contribution in [0.5, 0.6) is 0 Å². The maximum atomic E-state index is 12.6. The van der Waals surface area contributed by atoms with Crippen LogP contribution in [0, 0.1) is 5.92 Å². The lowest BCUT2D eigenvalue weighted by Crippen LogP contribution is -2.37. The van der Waals surface area contributed by atoms with E-state index in [0.29, 0.717) is 5.65 Å². The van der Waals surface area contributed by atoms with Crippen molar-refractivity contribution >= 4 is 5.65 Å². The van der Waals surface area contributed by atoms with Crippen LogP contribution in [0.2, 0.25) is 0 Å². The molecule has 0 fully saturated rings. The number of hydrogen-bond acceptors (Lipinski definition) is 3. The van der Waals surface area contributed by atoms with Crippen molar-refractivity contribution in [3.8, 4) is 0 Å². The summed E-state index contributed by atoms with van der Waals surface area (Å²) in [6, 6.07) is 4.80. The van der Waals surface area contributed by atoms with Crippen molar-refractivity contribution in [3.05, 3.63) is 34.9 Å². The molecule has 1 atom stereocenters. The summed E-state index contributed by atoms with van der Waals surface area (Å²) in [5.41, 5.74) is 4.78. The van der Waals surface area contributed by atoms with Crippen LogP contribution in [-0.2, 0) is 6.54 Å². The first kappa shape index (κ1) is 12.6. The molecule has 2 rings (SSSR count). The summed E-state index contributed by atoms with van der Waals surface area (Å²) >= 11 is 0. The molecule has 1 unspecified atom stereocenters. The van der Waals surface area contributed by atoms with E-state index in [1.807, 2.05) is 0 Å². The van der Waals surface area contributed by atoms with Crippen molar-refractivity contribution in [2.45, 2.75) is 12.7 Å². The van der Waals surface area contributed by atoms with Gasteiger partial charge >= 0.3 is 11.9 Å². The van der Waals surface area contributed by atoms with Gasteiger partial charge in [-0.25, -0.2) is 9.48 Å². The Hall–Kier alpha value is -1.83. The molecular weight excluding hydrogens is 249 g/mol. The van der Waals surface area contributed by atoms with Gasteiger partial charge in [-0.1, -0.05) is 6.07 Å². The van der Waals surface area contributed by atoms with Crippen LogP contribution in [0.3, 0.4) is 0 Å². The lowest BCUT2D eigenvalue weighted by atomic mass is 10.1. The molecule has 5 nitrogen and oxygen atoms in total. The Morgan fingerprint density at radius 2 is 2.11 bits per heavy atom. The van der Waals surface area contributed by atoms with Gasteiger partial charge in [0.05, 0.1) is 12.5 Å². The minimum atomic E-state index is -4.44. The maximum Gasteiger partial charge on any atom is 0.394 e. The number of fused-ring (bicyclic) bond motifs is 1. The maximum absolute atomic E-state index is 12.6. The van der Waals surface area contributed by atoms with Gasteiger partial charge in [0.25, 0.3) is 0 Å². The molecule has 2 aromatic heterocycles. The summed E-state index contributed by atoms with van der Waals surface area (Å²) in [7, 11) is 0. The van der Waals surface area contributed by atoms with Gasteiger partial charge in [-0.05, 0) is 12.1 Å². The minimum Gasteiger partial charge on any atom is -0.330 e. The third kappa shape index (κ3) is 2.23. The Morgan fingerprint density at radius 1 is 1.39 bits per heavy atom. The number of alkyl halides is 3. The minimum absolute atomic E-state index is 0.306. The van der Waals surface area contributed by atoms with Gasteiger partial charge in [-0.3, -0.25) is 4.40 Å². The van der Waals surface area contributed by atoms with Crippen LogP contribution in [0.4, 0.5) is 13.2 Å². The zero-order valence-electron chi connectivity index (χ0n) is 9.26. The lowest BCUT2D eigenvalue weighted by Gasteiger charge is -2.17. The SMILES string of the molecule is NCC(Cn1nc2ccccn2c1=O)C(F)(F)F. The molecule has 2 N–H and O–H groups in total. The van der Waals surface area contributed by atoms with Crippen LogP contribution < -0.4 is 11.4 Å². The van der Waals surface area contributed by atoms with Gasteiger partial charge in [0.1, 0.15) is 0 Å². The van der Waals surface area contributed by atoms with Crippen molar-refractivity contribution in [2.24, 2.45) is 11.7 Å². The van der Waals surface area contributed by atoms with E-state index < -0.39 is 30.9 Å². The fraction of sp³-hybridized carbons (Fsp3) is 0.400. The van der Waals surface area contributed by atoms with Crippen molar-refractivity contribution in [1.29, 1.82) is 0 Å². The molecule has 2 aromatic rings. The summed E-state index contributed by atoms with van der Waals surface area (Å²) in [5, 5.41) is 3.83. The third-order valence-electron chi connectivity index (χ3n) is 2.63. The molecular formula is C10H11F3N4O. The van der Waals surface area contributed by atoms with Crippen LogP contribution in [0.25, 0.3) is 5.65 Å². The molecule has 98 valence electrons. The molecule has 0 aliphatic heterocycles. The highest BCUT2D eigenvalue weighted by Gasteiger charge is 2.39. The van der Waals surface area contributed by atoms with E-state index in [1.165, 1.54) is 10.6 Å². The fourth-order valence-electron chi connectivity index (χ4n) is 1.61.